The molecule has 1 unspecified atom stereocenters. The first-order valence-corrected chi connectivity index (χ1v) is 8.77. The molecule has 1 atom stereocenters. The Kier molecular flexibility index (Phi) is 5.55. The predicted molar refractivity (Wildman–Crippen MR) is 81.8 cm³/mol. The van der Waals surface area contributed by atoms with Crippen LogP contribution in [0.15, 0.2) is 23.2 Å². The van der Waals surface area contributed by atoms with Gasteiger partial charge in [-0.05, 0) is 25.3 Å². The van der Waals surface area contributed by atoms with Crippen molar-refractivity contribution in [1.82, 2.24) is 9.29 Å². The van der Waals surface area contributed by atoms with E-state index in [0.29, 0.717) is 25.5 Å². The van der Waals surface area contributed by atoms with Crippen molar-refractivity contribution < 1.29 is 13.2 Å². The molecular weight excluding hydrogens is 290 g/mol. The number of pyridine rings is 1. The number of nitrogens with zero attached hydrogens (tertiary/aromatic N) is 2. The third-order valence-electron chi connectivity index (χ3n) is 3.52. The Hall–Kier alpha value is -1.18. The molecule has 1 aliphatic rings. The molecule has 118 valence electrons. The number of piperidine rings is 1. The van der Waals surface area contributed by atoms with Crippen LogP contribution in [-0.4, -0.2) is 50.6 Å². The van der Waals surface area contributed by atoms with Crippen LogP contribution in [-0.2, 0) is 14.8 Å². The first kappa shape index (κ1) is 16.2. The first-order chi connectivity index (χ1) is 10.1. The van der Waals surface area contributed by atoms with Gasteiger partial charge in [-0.3, -0.25) is 0 Å². The molecule has 7 heteroatoms. The second kappa shape index (κ2) is 7.20. The SMILES string of the molecule is CCCOC1CCCN(S(=O)(=O)c2ccnc(NC)c2)C1. The van der Waals surface area contributed by atoms with E-state index in [-0.39, 0.29) is 11.0 Å². The van der Waals surface area contributed by atoms with E-state index in [1.165, 1.54) is 16.6 Å². The van der Waals surface area contributed by atoms with Gasteiger partial charge in [0.15, 0.2) is 0 Å². The smallest absolute Gasteiger partial charge is 0.243 e. The van der Waals surface area contributed by atoms with Crippen LogP contribution in [0.5, 0.6) is 0 Å². The Bertz CT molecular complexity index is 562. The largest absolute Gasteiger partial charge is 0.377 e. The number of aromatic nitrogens is 1. The third kappa shape index (κ3) is 3.93. The topological polar surface area (TPSA) is 71.5 Å². The fourth-order valence-corrected chi connectivity index (χ4v) is 3.92. The van der Waals surface area contributed by atoms with Gasteiger partial charge in [-0.1, -0.05) is 6.92 Å². The minimum atomic E-state index is -3.48. The van der Waals surface area contributed by atoms with Gasteiger partial charge in [-0.25, -0.2) is 13.4 Å². The summed E-state index contributed by atoms with van der Waals surface area (Å²) in [6.07, 6.45) is 4.20. The van der Waals surface area contributed by atoms with Crippen LogP contribution >= 0.6 is 0 Å². The van der Waals surface area contributed by atoms with Crippen molar-refractivity contribution in [1.29, 1.82) is 0 Å². The lowest BCUT2D eigenvalue weighted by Gasteiger charge is -2.31. The summed E-state index contributed by atoms with van der Waals surface area (Å²) in [5.74, 6) is 0.548. The first-order valence-electron chi connectivity index (χ1n) is 7.33. The maximum absolute atomic E-state index is 12.7. The molecule has 1 saturated heterocycles. The van der Waals surface area contributed by atoms with Crippen molar-refractivity contribution in [2.75, 3.05) is 32.1 Å². The van der Waals surface area contributed by atoms with Crippen LogP contribution < -0.4 is 5.32 Å². The molecule has 2 heterocycles. The standard InChI is InChI=1S/C14H23N3O3S/c1-3-9-20-12-5-4-8-17(11-12)21(18,19)13-6-7-16-14(10-13)15-2/h6-7,10,12H,3-5,8-9,11H2,1-2H3,(H,15,16). The highest BCUT2D eigenvalue weighted by Crippen LogP contribution is 2.23. The molecule has 1 aromatic rings. The van der Waals surface area contributed by atoms with Gasteiger partial charge >= 0.3 is 0 Å². The lowest BCUT2D eigenvalue weighted by atomic mass is 10.1. The van der Waals surface area contributed by atoms with Gasteiger partial charge < -0.3 is 10.1 Å². The van der Waals surface area contributed by atoms with Gasteiger partial charge in [0.05, 0.1) is 11.0 Å². The maximum atomic E-state index is 12.7. The van der Waals surface area contributed by atoms with E-state index >= 15 is 0 Å². The molecule has 6 nitrogen and oxygen atoms in total. The summed E-state index contributed by atoms with van der Waals surface area (Å²) in [5.41, 5.74) is 0. The van der Waals surface area contributed by atoms with E-state index in [1.807, 2.05) is 6.92 Å². The Labute approximate surface area is 126 Å². The van der Waals surface area contributed by atoms with Crippen LogP contribution in [0, 0.1) is 0 Å². The average Bonchev–Trinajstić information content (AvgIpc) is 2.53. The van der Waals surface area contributed by atoms with Gasteiger partial charge in [-0.2, -0.15) is 4.31 Å². The van der Waals surface area contributed by atoms with Gasteiger partial charge in [0, 0.05) is 39.0 Å². The summed E-state index contributed by atoms with van der Waals surface area (Å²) >= 11 is 0. The maximum Gasteiger partial charge on any atom is 0.243 e. The molecule has 0 spiro atoms. The van der Waals surface area contributed by atoms with E-state index in [4.69, 9.17) is 4.74 Å². The Balaban J connectivity index is 2.14. The number of hydrogen-bond acceptors (Lipinski definition) is 5. The zero-order valence-corrected chi connectivity index (χ0v) is 13.4. The number of sulfonamides is 1. The van der Waals surface area contributed by atoms with Gasteiger partial charge in [0.25, 0.3) is 0 Å². The lowest BCUT2D eigenvalue weighted by molar-refractivity contribution is 0.0193. The molecule has 0 aromatic carbocycles. The molecule has 2 rings (SSSR count). The summed E-state index contributed by atoms with van der Waals surface area (Å²) in [7, 11) is -1.76. The molecular formula is C14H23N3O3S. The summed E-state index contributed by atoms with van der Waals surface area (Å²) < 4.78 is 32.6. The summed E-state index contributed by atoms with van der Waals surface area (Å²) in [6.45, 7) is 3.70. The minimum Gasteiger partial charge on any atom is -0.377 e. The number of anilines is 1. The van der Waals surface area contributed by atoms with E-state index in [9.17, 15) is 8.42 Å². The van der Waals surface area contributed by atoms with Crippen molar-refractivity contribution >= 4 is 15.8 Å². The Morgan fingerprint density at radius 2 is 2.33 bits per heavy atom. The summed E-state index contributed by atoms with van der Waals surface area (Å²) in [6, 6.07) is 3.10. The van der Waals surface area contributed by atoms with Crippen molar-refractivity contribution in [3.8, 4) is 0 Å². The fourth-order valence-electron chi connectivity index (χ4n) is 2.40. The van der Waals surface area contributed by atoms with Crippen molar-refractivity contribution in [3.05, 3.63) is 18.3 Å². The molecule has 1 fully saturated rings. The lowest BCUT2D eigenvalue weighted by Crippen LogP contribution is -2.43. The normalized spacial score (nSPS) is 20.4. The van der Waals surface area contributed by atoms with Crippen LogP contribution in [0.1, 0.15) is 26.2 Å². The minimum absolute atomic E-state index is 0.000849. The fraction of sp³-hybridized carbons (Fsp3) is 0.643. The van der Waals surface area contributed by atoms with Crippen LogP contribution in [0.2, 0.25) is 0 Å². The molecule has 1 aliphatic heterocycles. The van der Waals surface area contributed by atoms with E-state index < -0.39 is 10.0 Å². The van der Waals surface area contributed by atoms with Gasteiger partial charge in [0.2, 0.25) is 10.0 Å². The van der Waals surface area contributed by atoms with E-state index in [1.54, 1.807) is 13.1 Å². The second-order valence-electron chi connectivity index (χ2n) is 5.12. The quantitative estimate of drug-likeness (QED) is 0.865. The van der Waals surface area contributed by atoms with Crippen molar-refractivity contribution in [2.24, 2.45) is 0 Å². The number of hydrogen-bond donors (Lipinski definition) is 1. The molecule has 0 radical (unpaired) electrons. The number of rotatable bonds is 6. The van der Waals surface area contributed by atoms with Crippen LogP contribution in [0.3, 0.4) is 0 Å². The van der Waals surface area contributed by atoms with Crippen LogP contribution in [0.25, 0.3) is 0 Å². The monoisotopic (exact) mass is 313 g/mol. The van der Waals surface area contributed by atoms with E-state index in [0.717, 1.165) is 19.3 Å². The molecule has 0 bridgehead atoms. The van der Waals surface area contributed by atoms with Crippen molar-refractivity contribution in [2.45, 2.75) is 37.2 Å². The zero-order valence-electron chi connectivity index (χ0n) is 12.6. The third-order valence-corrected chi connectivity index (χ3v) is 5.39. The number of ether oxygens (including phenoxy) is 1. The summed E-state index contributed by atoms with van der Waals surface area (Å²) in [4.78, 5) is 4.33. The molecule has 0 aliphatic carbocycles. The molecule has 21 heavy (non-hydrogen) atoms. The van der Waals surface area contributed by atoms with Crippen molar-refractivity contribution in [3.63, 3.8) is 0 Å². The highest BCUT2D eigenvalue weighted by Gasteiger charge is 2.30. The molecule has 0 amide bonds. The van der Waals surface area contributed by atoms with Crippen LogP contribution in [0.4, 0.5) is 5.82 Å². The van der Waals surface area contributed by atoms with Gasteiger partial charge in [-0.15, -0.1) is 0 Å². The average molecular weight is 313 g/mol. The highest BCUT2D eigenvalue weighted by molar-refractivity contribution is 7.89. The molecule has 1 aromatic heterocycles. The Morgan fingerprint density at radius 1 is 1.52 bits per heavy atom. The molecule has 0 saturated carbocycles. The molecule has 1 N–H and O–H groups in total. The second-order valence-corrected chi connectivity index (χ2v) is 7.06. The van der Waals surface area contributed by atoms with E-state index in [2.05, 4.69) is 10.3 Å². The summed E-state index contributed by atoms with van der Waals surface area (Å²) in [5, 5.41) is 2.86. The number of nitrogens with one attached hydrogen (secondary N) is 1. The predicted octanol–water partition coefficient (Wildman–Crippen LogP) is 1.70. The van der Waals surface area contributed by atoms with Gasteiger partial charge in [0.1, 0.15) is 5.82 Å². The highest BCUT2D eigenvalue weighted by atomic mass is 32.2. The Morgan fingerprint density at radius 3 is 3.05 bits per heavy atom. The zero-order chi connectivity index (χ0) is 15.3.